The third kappa shape index (κ3) is 5.95. The van der Waals surface area contributed by atoms with Crippen LogP contribution in [0.3, 0.4) is 0 Å². The minimum absolute atomic E-state index is 0.263. The normalized spacial score (nSPS) is 11.0. The Morgan fingerprint density at radius 1 is 1.06 bits per heavy atom. The molecule has 0 saturated heterocycles. The van der Waals surface area contributed by atoms with Crippen LogP contribution in [0.4, 0.5) is 5.82 Å². The molecule has 11 heteroatoms. The second-order valence-corrected chi connectivity index (χ2v) is 8.00. The van der Waals surface area contributed by atoms with Crippen molar-refractivity contribution in [3.8, 4) is 5.69 Å². The van der Waals surface area contributed by atoms with Crippen LogP contribution in [-0.2, 0) is 19.5 Å². The predicted molar refractivity (Wildman–Crippen MR) is 128 cm³/mol. The Kier molecular flexibility index (Phi) is 7.66. The Morgan fingerprint density at radius 2 is 1.97 bits per heavy atom. The Hall–Kier alpha value is -3.27. The topological polar surface area (TPSA) is 103 Å². The van der Waals surface area contributed by atoms with Crippen molar-refractivity contribution in [2.24, 2.45) is 0 Å². The van der Waals surface area contributed by atoms with Crippen LogP contribution in [0, 0.1) is 0 Å². The highest BCUT2D eigenvalue weighted by molar-refractivity contribution is 6.30. The van der Waals surface area contributed by atoms with Gasteiger partial charge in [-0.2, -0.15) is 5.10 Å². The first-order chi connectivity index (χ1) is 16.1. The van der Waals surface area contributed by atoms with Crippen LogP contribution in [0.15, 0.2) is 66.2 Å². The van der Waals surface area contributed by atoms with E-state index in [9.17, 15) is 4.79 Å². The van der Waals surface area contributed by atoms with Gasteiger partial charge in [0.2, 0.25) is 0 Å². The van der Waals surface area contributed by atoms with Gasteiger partial charge in [0.25, 0.3) is 5.56 Å². The molecular formula is C22H22Cl2N8O. The zero-order valence-electron chi connectivity index (χ0n) is 17.7. The van der Waals surface area contributed by atoms with Gasteiger partial charge in [-0.1, -0.05) is 29.3 Å². The second-order valence-electron chi connectivity index (χ2n) is 7.17. The summed E-state index contributed by atoms with van der Waals surface area (Å²) in [6.07, 6.45) is 7.01. The molecular weight excluding hydrogens is 463 g/mol. The van der Waals surface area contributed by atoms with Gasteiger partial charge in [-0.05, 0) is 35.9 Å². The van der Waals surface area contributed by atoms with E-state index in [1.165, 1.54) is 17.1 Å². The van der Waals surface area contributed by atoms with Crippen molar-refractivity contribution in [1.82, 2.24) is 34.6 Å². The predicted octanol–water partition coefficient (Wildman–Crippen LogP) is 2.97. The molecule has 33 heavy (non-hydrogen) atoms. The number of aromatic nitrogens is 6. The van der Waals surface area contributed by atoms with E-state index in [2.05, 4.69) is 30.7 Å². The summed E-state index contributed by atoms with van der Waals surface area (Å²) in [4.78, 5) is 25.2. The zero-order chi connectivity index (χ0) is 23.0. The van der Waals surface area contributed by atoms with Crippen molar-refractivity contribution < 1.29 is 0 Å². The van der Waals surface area contributed by atoms with E-state index in [4.69, 9.17) is 23.2 Å². The summed E-state index contributed by atoms with van der Waals surface area (Å²) in [5.74, 6) is 0.263. The number of pyridine rings is 1. The van der Waals surface area contributed by atoms with Crippen molar-refractivity contribution >= 4 is 29.0 Å². The molecule has 0 atom stereocenters. The molecule has 0 amide bonds. The van der Waals surface area contributed by atoms with Gasteiger partial charge in [0.1, 0.15) is 17.8 Å². The van der Waals surface area contributed by atoms with E-state index >= 15 is 0 Å². The summed E-state index contributed by atoms with van der Waals surface area (Å²) in [6, 6.07) is 11.3. The molecule has 0 aliphatic carbocycles. The van der Waals surface area contributed by atoms with Crippen LogP contribution >= 0.6 is 23.2 Å². The molecule has 3 heterocycles. The number of hydrogen-bond acceptors (Lipinski definition) is 7. The fourth-order valence-corrected chi connectivity index (χ4v) is 3.72. The first kappa shape index (κ1) is 22.9. The molecule has 0 fully saturated rings. The van der Waals surface area contributed by atoms with E-state index < -0.39 is 0 Å². The summed E-state index contributed by atoms with van der Waals surface area (Å²) in [5.41, 5.74) is 2.51. The largest absolute Gasteiger partial charge is 0.365 e. The fraction of sp³-hybridized carbons (Fsp3) is 0.227. The molecule has 0 aliphatic heterocycles. The number of nitrogens with one attached hydrogen (secondary N) is 2. The molecule has 4 aromatic rings. The number of anilines is 1. The number of nitrogens with zero attached hydrogens (tertiary/aromatic N) is 6. The maximum Gasteiger partial charge on any atom is 0.294 e. The van der Waals surface area contributed by atoms with Crippen LogP contribution in [0.5, 0.6) is 0 Å². The Bertz CT molecular complexity index is 1250. The second kappa shape index (κ2) is 11.0. The molecule has 0 unspecified atom stereocenters. The van der Waals surface area contributed by atoms with Gasteiger partial charge in [-0.15, -0.1) is 0 Å². The number of halogens is 2. The van der Waals surface area contributed by atoms with Gasteiger partial charge in [0, 0.05) is 49.5 Å². The lowest BCUT2D eigenvalue weighted by molar-refractivity contribution is 0.582. The quantitative estimate of drug-likeness (QED) is 0.333. The minimum atomic E-state index is -0.267. The molecule has 1 aromatic carbocycles. The average Bonchev–Trinajstić information content (AvgIpc) is 3.35. The molecule has 0 aliphatic rings. The lowest BCUT2D eigenvalue weighted by Gasteiger charge is -2.13. The number of rotatable bonds is 10. The maximum absolute atomic E-state index is 12.8. The number of hydrogen-bond donors (Lipinski definition) is 2. The van der Waals surface area contributed by atoms with Crippen LogP contribution < -0.4 is 16.2 Å². The molecule has 0 spiro atoms. The van der Waals surface area contributed by atoms with Gasteiger partial charge in [-0.3, -0.25) is 14.3 Å². The van der Waals surface area contributed by atoms with E-state index in [0.29, 0.717) is 37.6 Å². The molecule has 9 nitrogen and oxygen atoms in total. The summed E-state index contributed by atoms with van der Waals surface area (Å²) < 4.78 is 3.17. The SMILES string of the molecule is O=c1c(NCCc2ccccn2)ncc(Cl)n1CCNCc1cc(Cl)ccc1-n1cncn1. The minimum Gasteiger partial charge on any atom is -0.365 e. The lowest BCUT2D eigenvalue weighted by atomic mass is 10.1. The van der Waals surface area contributed by atoms with Gasteiger partial charge in [0.15, 0.2) is 5.82 Å². The molecule has 2 N–H and O–H groups in total. The monoisotopic (exact) mass is 484 g/mol. The van der Waals surface area contributed by atoms with Crippen LogP contribution in [0.1, 0.15) is 11.3 Å². The van der Waals surface area contributed by atoms with Crippen molar-refractivity contribution in [3.05, 3.63) is 93.2 Å². The van der Waals surface area contributed by atoms with Crippen molar-refractivity contribution in [2.75, 3.05) is 18.4 Å². The standard InChI is InChI=1S/C22H22Cl2N8O/c23-17-4-5-19(32-15-26-14-30-32)16(11-17)12-25-9-10-31-20(24)13-29-21(22(31)33)28-8-6-18-3-1-2-7-27-18/h1-5,7,11,13-15,25H,6,8-10,12H2,(H,28,29). The molecule has 3 aromatic heterocycles. The van der Waals surface area contributed by atoms with Crippen molar-refractivity contribution in [2.45, 2.75) is 19.5 Å². The third-order valence-corrected chi connectivity index (χ3v) is 5.48. The van der Waals surface area contributed by atoms with E-state index in [0.717, 1.165) is 16.9 Å². The van der Waals surface area contributed by atoms with Gasteiger partial charge in [-0.25, -0.2) is 14.6 Å². The van der Waals surface area contributed by atoms with E-state index in [-0.39, 0.29) is 16.5 Å². The smallest absolute Gasteiger partial charge is 0.294 e. The fourth-order valence-electron chi connectivity index (χ4n) is 3.32. The highest BCUT2D eigenvalue weighted by atomic mass is 35.5. The molecule has 0 saturated carbocycles. The maximum atomic E-state index is 12.8. The van der Waals surface area contributed by atoms with Crippen LogP contribution in [0.2, 0.25) is 10.2 Å². The van der Waals surface area contributed by atoms with Gasteiger partial charge >= 0.3 is 0 Å². The van der Waals surface area contributed by atoms with Gasteiger partial charge < -0.3 is 10.6 Å². The summed E-state index contributed by atoms with van der Waals surface area (Å²) in [7, 11) is 0. The molecule has 170 valence electrons. The van der Waals surface area contributed by atoms with E-state index in [1.807, 2.05) is 30.3 Å². The van der Waals surface area contributed by atoms with Crippen molar-refractivity contribution in [3.63, 3.8) is 0 Å². The Balaban J connectivity index is 1.36. The highest BCUT2D eigenvalue weighted by Crippen LogP contribution is 2.19. The molecule has 4 rings (SSSR count). The molecule has 0 radical (unpaired) electrons. The first-order valence-electron chi connectivity index (χ1n) is 10.3. The highest BCUT2D eigenvalue weighted by Gasteiger charge is 2.10. The van der Waals surface area contributed by atoms with E-state index in [1.54, 1.807) is 23.3 Å². The van der Waals surface area contributed by atoms with Crippen molar-refractivity contribution in [1.29, 1.82) is 0 Å². The number of benzene rings is 1. The Morgan fingerprint density at radius 3 is 2.76 bits per heavy atom. The third-order valence-electron chi connectivity index (χ3n) is 4.94. The summed E-state index contributed by atoms with van der Waals surface area (Å²) >= 11 is 12.4. The Labute approximate surface area is 200 Å². The first-order valence-corrected chi connectivity index (χ1v) is 11.1. The van der Waals surface area contributed by atoms with Gasteiger partial charge in [0.05, 0.1) is 11.9 Å². The lowest BCUT2D eigenvalue weighted by Crippen LogP contribution is -2.30. The summed E-state index contributed by atoms with van der Waals surface area (Å²) in [6.45, 7) is 1.97. The van der Waals surface area contributed by atoms with Crippen LogP contribution in [-0.4, -0.2) is 42.4 Å². The average molecular weight is 485 g/mol. The molecule has 0 bridgehead atoms. The van der Waals surface area contributed by atoms with Crippen LogP contribution in [0.25, 0.3) is 5.69 Å². The summed E-state index contributed by atoms with van der Waals surface area (Å²) in [5, 5.41) is 11.5. The zero-order valence-corrected chi connectivity index (χ0v) is 19.2.